The molecule has 0 aliphatic rings. The minimum absolute atomic E-state index is 0.0774. The number of nitrogens with zero attached hydrogens (tertiary/aromatic N) is 2. The van der Waals surface area contributed by atoms with Gasteiger partial charge in [0.15, 0.2) is 0 Å². The molecule has 0 unspecified atom stereocenters. The standard InChI is InChI=1S/C24H23BrN2O2/c1-17-8-7-9-18(2)23(17)27(24(29)19-10-5-4-6-11-19)22(28)16-26(3)21-14-12-20(25)13-15-21/h4-15H,16H2,1-3H3. The number of anilines is 2. The Balaban J connectivity index is 1.97. The van der Waals surface area contributed by atoms with Gasteiger partial charge in [0.05, 0.1) is 12.2 Å². The van der Waals surface area contributed by atoms with Gasteiger partial charge < -0.3 is 4.90 Å². The molecule has 5 heteroatoms. The Morgan fingerprint density at radius 1 is 0.828 bits per heavy atom. The van der Waals surface area contributed by atoms with Gasteiger partial charge in [-0.1, -0.05) is 52.3 Å². The quantitative estimate of drug-likeness (QED) is 0.523. The Kier molecular flexibility index (Phi) is 6.49. The smallest absolute Gasteiger partial charge is 0.265 e. The first-order valence-electron chi connectivity index (χ1n) is 9.33. The molecule has 0 bridgehead atoms. The van der Waals surface area contributed by atoms with Crippen LogP contribution >= 0.6 is 15.9 Å². The third-order valence-electron chi connectivity index (χ3n) is 4.78. The molecular weight excluding hydrogens is 428 g/mol. The highest BCUT2D eigenvalue weighted by atomic mass is 79.9. The summed E-state index contributed by atoms with van der Waals surface area (Å²) in [6, 6.07) is 22.4. The largest absolute Gasteiger partial charge is 0.365 e. The lowest BCUT2D eigenvalue weighted by Crippen LogP contribution is -2.43. The van der Waals surface area contributed by atoms with Gasteiger partial charge in [-0.3, -0.25) is 9.59 Å². The maximum Gasteiger partial charge on any atom is 0.265 e. The van der Waals surface area contributed by atoms with E-state index in [-0.39, 0.29) is 18.4 Å². The van der Waals surface area contributed by atoms with Gasteiger partial charge in [0.1, 0.15) is 0 Å². The third kappa shape index (κ3) is 4.74. The molecule has 0 heterocycles. The molecule has 0 aliphatic heterocycles. The normalized spacial score (nSPS) is 10.5. The number of rotatable bonds is 5. The Morgan fingerprint density at radius 3 is 2.00 bits per heavy atom. The average molecular weight is 451 g/mol. The first-order chi connectivity index (χ1) is 13.9. The van der Waals surface area contributed by atoms with Gasteiger partial charge in [0.2, 0.25) is 0 Å². The summed E-state index contributed by atoms with van der Waals surface area (Å²) in [5.41, 5.74) is 3.79. The van der Waals surface area contributed by atoms with Crippen molar-refractivity contribution >= 4 is 39.1 Å². The van der Waals surface area contributed by atoms with E-state index in [1.165, 1.54) is 4.90 Å². The second-order valence-corrected chi connectivity index (χ2v) is 7.89. The Labute approximate surface area is 179 Å². The van der Waals surface area contributed by atoms with Crippen LogP contribution in [0, 0.1) is 13.8 Å². The molecule has 0 atom stereocenters. The summed E-state index contributed by atoms with van der Waals surface area (Å²) >= 11 is 3.42. The Bertz CT molecular complexity index is 997. The Morgan fingerprint density at radius 2 is 1.41 bits per heavy atom. The molecular formula is C24H23BrN2O2. The number of benzene rings is 3. The number of likely N-dealkylation sites (N-methyl/N-ethyl adjacent to an activating group) is 1. The molecule has 0 aromatic heterocycles. The van der Waals surface area contributed by atoms with E-state index in [1.807, 2.05) is 74.3 Å². The molecule has 0 fully saturated rings. The van der Waals surface area contributed by atoms with Gasteiger partial charge in [-0.05, 0) is 61.4 Å². The molecule has 4 nitrogen and oxygen atoms in total. The molecule has 0 N–H and O–H groups in total. The lowest BCUT2D eigenvalue weighted by molar-refractivity contribution is -0.116. The molecule has 3 aromatic carbocycles. The Hall–Kier alpha value is -2.92. The zero-order chi connectivity index (χ0) is 21.0. The van der Waals surface area contributed by atoms with E-state index in [1.54, 1.807) is 24.3 Å². The monoisotopic (exact) mass is 450 g/mol. The van der Waals surface area contributed by atoms with Crippen LogP contribution in [0.15, 0.2) is 77.3 Å². The van der Waals surface area contributed by atoms with Crippen LogP contribution in [0.25, 0.3) is 0 Å². The number of hydrogen-bond acceptors (Lipinski definition) is 3. The van der Waals surface area contributed by atoms with Crippen molar-refractivity contribution in [1.82, 2.24) is 0 Å². The fourth-order valence-corrected chi connectivity index (χ4v) is 3.53. The van der Waals surface area contributed by atoms with E-state index < -0.39 is 0 Å². The van der Waals surface area contributed by atoms with Crippen molar-refractivity contribution in [2.75, 3.05) is 23.4 Å². The minimum atomic E-state index is -0.322. The molecule has 3 rings (SSSR count). The number of carbonyl (C=O) groups is 2. The second-order valence-electron chi connectivity index (χ2n) is 6.97. The molecule has 3 aromatic rings. The van der Waals surface area contributed by atoms with Crippen molar-refractivity contribution in [1.29, 1.82) is 0 Å². The number of imide groups is 1. The summed E-state index contributed by atoms with van der Waals surface area (Å²) in [5, 5.41) is 0. The third-order valence-corrected chi connectivity index (χ3v) is 5.30. The van der Waals surface area contributed by atoms with Crippen LogP contribution in [-0.4, -0.2) is 25.4 Å². The molecule has 0 aliphatic carbocycles. The van der Waals surface area contributed by atoms with Crippen molar-refractivity contribution in [3.05, 3.63) is 94.0 Å². The molecule has 148 valence electrons. The molecule has 0 saturated carbocycles. The average Bonchev–Trinajstić information content (AvgIpc) is 2.71. The summed E-state index contributed by atoms with van der Waals surface area (Å²) in [6.07, 6.45) is 0. The van der Waals surface area contributed by atoms with Gasteiger partial charge in [0, 0.05) is 22.8 Å². The summed E-state index contributed by atoms with van der Waals surface area (Å²) in [7, 11) is 1.84. The maximum atomic E-state index is 13.4. The molecule has 29 heavy (non-hydrogen) atoms. The van der Waals surface area contributed by atoms with E-state index in [9.17, 15) is 9.59 Å². The van der Waals surface area contributed by atoms with E-state index in [0.717, 1.165) is 21.3 Å². The fraction of sp³-hybridized carbons (Fsp3) is 0.167. The van der Waals surface area contributed by atoms with Crippen LogP contribution in [0.5, 0.6) is 0 Å². The number of carbonyl (C=O) groups excluding carboxylic acids is 2. The van der Waals surface area contributed by atoms with Crippen LogP contribution in [0.3, 0.4) is 0 Å². The SMILES string of the molecule is Cc1cccc(C)c1N(C(=O)CN(C)c1ccc(Br)cc1)C(=O)c1ccccc1. The van der Waals surface area contributed by atoms with E-state index in [0.29, 0.717) is 11.3 Å². The molecule has 0 radical (unpaired) electrons. The summed E-state index contributed by atoms with van der Waals surface area (Å²) in [5.74, 6) is -0.598. The first kappa shape index (κ1) is 20.8. The number of hydrogen-bond donors (Lipinski definition) is 0. The highest BCUT2D eigenvalue weighted by Crippen LogP contribution is 2.27. The summed E-state index contributed by atoms with van der Waals surface area (Å²) < 4.78 is 0.970. The van der Waals surface area contributed by atoms with E-state index in [2.05, 4.69) is 15.9 Å². The van der Waals surface area contributed by atoms with Crippen molar-refractivity contribution in [2.24, 2.45) is 0 Å². The van der Waals surface area contributed by atoms with Crippen LogP contribution < -0.4 is 9.80 Å². The van der Waals surface area contributed by atoms with E-state index >= 15 is 0 Å². The van der Waals surface area contributed by atoms with Gasteiger partial charge in [-0.15, -0.1) is 0 Å². The van der Waals surface area contributed by atoms with Crippen LogP contribution in [0.4, 0.5) is 11.4 Å². The van der Waals surface area contributed by atoms with Crippen LogP contribution in [0.1, 0.15) is 21.5 Å². The van der Waals surface area contributed by atoms with Gasteiger partial charge in [-0.2, -0.15) is 0 Å². The molecule has 0 saturated heterocycles. The lowest BCUT2D eigenvalue weighted by atomic mass is 10.1. The van der Waals surface area contributed by atoms with E-state index in [4.69, 9.17) is 0 Å². The first-order valence-corrected chi connectivity index (χ1v) is 10.1. The van der Waals surface area contributed by atoms with Crippen LogP contribution in [-0.2, 0) is 4.79 Å². The van der Waals surface area contributed by atoms with Gasteiger partial charge in [-0.25, -0.2) is 4.90 Å². The van der Waals surface area contributed by atoms with Crippen molar-refractivity contribution in [3.63, 3.8) is 0 Å². The van der Waals surface area contributed by atoms with Crippen LogP contribution in [0.2, 0.25) is 0 Å². The zero-order valence-corrected chi connectivity index (χ0v) is 18.3. The summed E-state index contributed by atoms with van der Waals surface area (Å²) in [6.45, 7) is 3.91. The number of amides is 2. The van der Waals surface area contributed by atoms with Crippen molar-refractivity contribution < 1.29 is 9.59 Å². The second kappa shape index (κ2) is 9.05. The number of halogens is 1. The predicted octanol–water partition coefficient (Wildman–Crippen LogP) is 5.38. The van der Waals surface area contributed by atoms with Crippen molar-refractivity contribution in [3.8, 4) is 0 Å². The van der Waals surface area contributed by atoms with Gasteiger partial charge in [0.25, 0.3) is 11.8 Å². The number of aryl methyl sites for hydroxylation is 2. The zero-order valence-electron chi connectivity index (χ0n) is 16.7. The molecule has 0 spiro atoms. The summed E-state index contributed by atoms with van der Waals surface area (Å²) in [4.78, 5) is 29.9. The highest BCUT2D eigenvalue weighted by molar-refractivity contribution is 9.10. The highest BCUT2D eigenvalue weighted by Gasteiger charge is 2.28. The fourth-order valence-electron chi connectivity index (χ4n) is 3.27. The van der Waals surface area contributed by atoms with Gasteiger partial charge >= 0.3 is 0 Å². The maximum absolute atomic E-state index is 13.4. The minimum Gasteiger partial charge on any atom is -0.365 e. The molecule has 2 amide bonds. The number of para-hydroxylation sites is 1. The topological polar surface area (TPSA) is 40.6 Å². The lowest BCUT2D eigenvalue weighted by Gasteiger charge is -2.27. The van der Waals surface area contributed by atoms with Crippen molar-refractivity contribution in [2.45, 2.75) is 13.8 Å². The predicted molar refractivity (Wildman–Crippen MR) is 122 cm³/mol.